The van der Waals surface area contributed by atoms with E-state index in [2.05, 4.69) is 14.9 Å². The van der Waals surface area contributed by atoms with Gasteiger partial charge in [-0.05, 0) is 13.1 Å². The average Bonchev–Trinajstić information content (AvgIpc) is 2.80. The molecule has 1 aromatic heterocycles. The highest BCUT2D eigenvalue weighted by Gasteiger charge is 2.14. The lowest BCUT2D eigenvalue weighted by Crippen LogP contribution is -2.34. The van der Waals surface area contributed by atoms with Crippen molar-refractivity contribution in [3.05, 3.63) is 12.3 Å². The lowest BCUT2D eigenvalue weighted by molar-refractivity contribution is 0.162. The Labute approximate surface area is 101 Å². The zero-order valence-corrected chi connectivity index (χ0v) is 10.8. The Morgan fingerprint density at radius 2 is 2.29 bits per heavy atom. The smallest absolute Gasteiger partial charge is 0.257 e. The Balaban J connectivity index is 2.31. The number of nitrogens with zero attached hydrogens (tertiary/aromatic N) is 2. The SMILES string of the molecule is COCCN(C)CCNS(=O)(=O)c1ccn[nH]1. The van der Waals surface area contributed by atoms with Crippen LogP contribution in [0.2, 0.25) is 0 Å². The Hall–Kier alpha value is -0.960. The van der Waals surface area contributed by atoms with Gasteiger partial charge in [-0.1, -0.05) is 0 Å². The van der Waals surface area contributed by atoms with Crippen LogP contribution in [0.15, 0.2) is 17.3 Å². The van der Waals surface area contributed by atoms with E-state index in [1.807, 2.05) is 11.9 Å². The van der Waals surface area contributed by atoms with Crippen LogP contribution in [0.4, 0.5) is 0 Å². The van der Waals surface area contributed by atoms with Crippen LogP contribution >= 0.6 is 0 Å². The number of aromatic amines is 1. The predicted octanol–water partition coefficient (Wildman–Crippen LogP) is -0.734. The van der Waals surface area contributed by atoms with Gasteiger partial charge in [-0.15, -0.1) is 0 Å². The molecule has 0 amide bonds. The second-order valence-electron chi connectivity index (χ2n) is 3.61. The Bertz CT molecular complexity index is 404. The number of ether oxygens (including phenoxy) is 1. The maximum atomic E-state index is 11.7. The molecule has 98 valence electrons. The molecule has 0 unspecified atom stereocenters. The molecule has 0 aliphatic carbocycles. The molecule has 0 radical (unpaired) electrons. The van der Waals surface area contributed by atoms with E-state index in [9.17, 15) is 8.42 Å². The van der Waals surface area contributed by atoms with Crippen LogP contribution in [0.3, 0.4) is 0 Å². The summed E-state index contributed by atoms with van der Waals surface area (Å²) < 4.78 is 30.7. The molecule has 1 rings (SSSR count). The van der Waals surface area contributed by atoms with Crippen LogP contribution in [0, 0.1) is 0 Å². The summed E-state index contributed by atoms with van der Waals surface area (Å²) in [7, 11) is 0.0809. The number of methoxy groups -OCH3 is 1. The molecule has 0 spiro atoms. The molecule has 2 N–H and O–H groups in total. The Morgan fingerprint density at radius 1 is 1.53 bits per heavy atom. The number of hydrogen-bond donors (Lipinski definition) is 2. The maximum Gasteiger partial charge on any atom is 0.257 e. The molecule has 0 saturated carbocycles. The zero-order chi connectivity index (χ0) is 12.7. The number of nitrogens with one attached hydrogen (secondary N) is 2. The van der Waals surface area contributed by atoms with Gasteiger partial charge in [-0.2, -0.15) is 5.10 Å². The molecular formula is C9H18N4O3S. The molecule has 17 heavy (non-hydrogen) atoms. The highest BCUT2D eigenvalue weighted by Crippen LogP contribution is 2.01. The van der Waals surface area contributed by atoms with E-state index < -0.39 is 10.0 Å². The number of hydrogen-bond acceptors (Lipinski definition) is 5. The highest BCUT2D eigenvalue weighted by molar-refractivity contribution is 7.89. The van der Waals surface area contributed by atoms with Gasteiger partial charge < -0.3 is 9.64 Å². The van der Waals surface area contributed by atoms with Gasteiger partial charge in [0.2, 0.25) is 0 Å². The summed E-state index contributed by atoms with van der Waals surface area (Å²) in [5, 5.41) is 6.10. The van der Waals surface area contributed by atoms with Gasteiger partial charge in [-0.3, -0.25) is 5.10 Å². The van der Waals surface area contributed by atoms with Crippen molar-refractivity contribution in [2.45, 2.75) is 5.03 Å². The minimum atomic E-state index is -3.46. The first-order valence-corrected chi connectivity index (χ1v) is 6.71. The standard InChI is InChI=1S/C9H18N4O3S/c1-13(7-8-16-2)6-5-11-17(14,15)9-3-4-10-12-9/h3-4,11H,5-8H2,1-2H3,(H,10,12). The number of rotatable bonds is 8. The van der Waals surface area contributed by atoms with Crippen molar-refractivity contribution in [1.29, 1.82) is 0 Å². The van der Waals surface area contributed by atoms with E-state index in [0.717, 1.165) is 6.54 Å². The fourth-order valence-electron chi connectivity index (χ4n) is 1.20. The molecular weight excluding hydrogens is 244 g/mol. The summed E-state index contributed by atoms with van der Waals surface area (Å²) in [5.74, 6) is 0. The molecule has 0 saturated heterocycles. The zero-order valence-electron chi connectivity index (χ0n) is 10.0. The molecule has 0 atom stereocenters. The molecule has 0 bridgehead atoms. The van der Waals surface area contributed by atoms with Crippen molar-refractivity contribution in [1.82, 2.24) is 19.8 Å². The van der Waals surface area contributed by atoms with Crippen molar-refractivity contribution in [3.8, 4) is 0 Å². The fraction of sp³-hybridized carbons (Fsp3) is 0.667. The second-order valence-corrected chi connectivity index (χ2v) is 5.35. The van der Waals surface area contributed by atoms with E-state index in [0.29, 0.717) is 19.7 Å². The van der Waals surface area contributed by atoms with Gasteiger partial charge in [0.25, 0.3) is 10.0 Å². The van der Waals surface area contributed by atoms with E-state index in [1.165, 1.54) is 12.3 Å². The third-order valence-corrected chi connectivity index (χ3v) is 3.62. The van der Waals surface area contributed by atoms with Gasteiger partial charge >= 0.3 is 0 Å². The van der Waals surface area contributed by atoms with Gasteiger partial charge in [-0.25, -0.2) is 13.1 Å². The lowest BCUT2D eigenvalue weighted by Gasteiger charge is -2.15. The van der Waals surface area contributed by atoms with Crippen LogP contribution in [0.1, 0.15) is 0 Å². The van der Waals surface area contributed by atoms with Crippen molar-refractivity contribution in [2.75, 3.05) is 40.4 Å². The van der Waals surface area contributed by atoms with Crippen molar-refractivity contribution in [2.24, 2.45) is 0 Å². The molecule has 8 heteroatoms. The minimum absolute atomic E-state index is 0.0806. The molecule has 0 aliphatic heterocycles. The van der Waals surface area contributed by atoms with Crippen molar-refractivity contribution < 1.29 is 13.2 Å². The van der Waals surface area contributed by atoms with Gasteiger partial charge in [0.05, 0.1) is 12.8 Å². The molecule has 1 aromatic rings. The third-order valence-electron chi connectivity index (χ3n) is 2.23. The largest absolute Gasteiger partial charge is 0.383 e. The van der Waals surface area contributed by atoms with E-state index in [-0.39, 0.29) is 5.03 Å². The number of sulfonamides is 1. The molecule has 0 fully saturated rings. The Morgan fingerprint density at radius 3 is 2.88 bits per heavy atom. The minimum Gasteiger partial charge on any atom is -0.383 e. The van der Waals surface area contributed by atoms with Crippen LogP contribution in [-0.4, -0.2) is 63.9 Å². The third kappa shape index (κ3) is 4.82. The molecule has 0 aromatic carbocycles. The monoisotopic (exact) mass is 262 g/mol. The summed E-state index contributed by atoms with van der Waals surface area (Å²) in [6, 6.07) is 1.41. The Kier molecular flexibility index (Phi) is 5.56. The maximum absolute atomic E-state index is 11.7. The van der Waals surface area contributed by atoms with E-state index in [1.54, 1.807) is 7.11 Å². The topological polar surface area (TPSA) is 87.3 Å². The first-order chi connectivity index (χ1) is 8.06. The van der Waals surface area contributed by atoms with Crippen LogP contribution in [0.25, 0.3) is 0 Å². The van der Waals surface area contributed by atoms with Gasteiger partial charge in [0, 0.05) is 26.7 Å². The quantitative estimate of drug-likeness (QED) is 0.645. The summed E-state index contributed by atoms with van der Waals surface area (Å²) >= 11 is 0. The fourth-order valence-corrected chi connectivity index (χ4v) is 2.13. The van der Waals surface area contributed by atoms with Crippen molar-refractivity contribution >= 4 is 10.0 Å². The second kappa shape index (κ2) is 6.70. The normalized spacial score (nSPS) is 12.2. The van der Waals surface area contributed by atoms with Crippen LogP contribution < -0.4 is 4.72 Å². The molecule has 1 heterocycles. The predicted molar refractivity (Wildman–Crippen MR) is 63.1 cm³/mol. The first-order valence-electron chi connectivity index (χ1n) is 5.23. The highest BCUT2D eigenvalue weighted by atomic mass is 32.2. The molecule has 7 nitrogen and oxygen atoms in total. The van der Waals surface area contributed by atoms with Crippen LogP contribution in [-0.2, 0) is 14.8 Å². The first kappa shape index (κ1) is 14.1. The van der Waals surface area contributed by atoms with Gasteiger partial charge in [0.1, 0.15) is 0 Å². The average molecular weight is 262 g/mol. The number of H-pyrrole nitrogens is 1. The van der Waals surface area contributed by atoms with Crippen molar-refractivity contribution in [3.63, 3.8) is 0 Å². The lowest BCUT2D eigenvalue weighted by atomic mass is 10.5. The van der Waals surface area contributed by atoms with E-state index >= 15 is 0 Å². The van der Waals surface area contributed by atoms with E-state index in [4.69, 9.17) is 4.74 Å². The van der Waals surface area contributed by atoms with Crippen LogP contribution in [0.5, 0.6) is 0 Å². The summed E-state index contributed by atoms with van der Waals surface area (Å²) in [6.45, 7) is 2.37. The number of aromatic nitrogens is 2. The molecule has 0 aliphatic rings. The number of likely N-dealkylation sites (N-methyl/N-ethyl adjacent to an activating group) is 1. The van der Waals surface area contributed by atoms with Gasteiger partial charge in [0.15, 0.2) is 5.03 Å². The summed E-state index contributed by atoms with van der Waals surface area (Å²) in [4.78, 5) is 1.99. The summed E-state index contributed by atoms with van der Waals surface area (Å²) in [5.41, 5.74) is 0. The summed E-state index contributed by atoms with van der Waals surface area (Å²) in [6.07, 6.45) is 1.40.